The van der Waals surface area contributed by atoms with E-state index in [2.05, 4.69) is 4.90 Å². The fraction of sp³-hybridized carbons (Fsp3) is 0.538. The maximum absolute atomic E-state index is 13.3. The van der Waals surface area contributed by atoms with Crippen LogP contribution in [-0.4, -0.2) is 37.7 Å². The highest BCUT2D eigenvalue weighted by atomic mass is 19.1. The molecule has 1 aromatic rings. The van der Waals surface area contributed by atoms with Gasteiger partial charge in [-0.05, 0) is 24.1 Å². The highest BCUT2D eigenvalue weighted by Crippen LogP contribution is 2.31. The molecule has 1 fully saturated rings. The van der Waals surface area contributed by atoms with E-state index < -0.39 is 11.6 Å². The van der Waals surface area contributed by atoms with Crippen molar-refractivity contribution in [1.82, 2.24) is 4.90 Å². The Balaban J connectivity index is 2.22. The number of methoxy groups -OCH3 is 1. The van der Waals surface area contributed by atoms with Crippen LogP contribution in [0.4, 0.5) is 8.78 Å². The van der Waals surface area contributed by atoms with Gasteiger partial charge in [-0.3, -0.25) is 4.90 Å². The predicted molar refractivity (Wildman–Crippen MR) is 65.1 cm³/mol. The summed E-state index contributed by atoms with van der Waals surface area (Å²) in [7, 11) is 1.63. The molecular weight excluding hydrogens is 238 g/mol. The zero-order chi connectivity index (χ0) is 13.1. The maximum Gasteiger partial charge on any atom is 0.126 e. The molecule has 1 heterocycles. The number of hydrogen-bond acceptors (Lipinski definition) is 3. The van der Waals surface area contributed by atoms with Crippen LogP contribution in [0, 0.1) is 11.6 Å². The summed E-state index contributed by atoms with van der Waals surface area (Å²) in [5.74, 6) is -1.12. The summed E-state index contributed by atoms with van der Waals surface area (Å²) in [4.78, 5) is 2.11. The zero-order valence-corrected chi connectivity index (χ0v) is 10.4. The Bertz CT molecular complexity index is 394. The van der Waals surface area contributed by atoms with Crippen molar-refractivity contribution in [3.8, 4) is 0 Å². The van der Waals surface area contributed by atoms with Gasteiger partial charge < -0.3 is 10.5 Å². The van der Waals surface area contributed by atoms with Crippen LogP contribution in [0.3, 0.4) is 0 Å². The second kappa shape index (κ2) is 5.73. The van der Waals surface area contributed by atoms with Crippen LogP contribution in [0.5, 0.6) is 0 Å². The molecule has 0 amide bonds. The van der Waals surface area contributed by atoms with Crippen LogP contribution in [0.2, 0.25) is 0 Å². The van der Waals surface area contributed by atoms with Crippen molar-refractivity contribution in [1.29, 1.82) is 0 Å². The molecule has 5 heteroatoms. The largest absolute Gasteiger partial charge is 0.383 e. The summed E-state index contributed by atoms with van der Waals surface area (Å²) in [5, 5.41) is 0. The van der Waals surface area contributed by atoms with Gasteiger partial charge in [0.15, 0.2) is 0 Å². The number of ether oxygens (including phenoxy) is 1. The molecule has 1 aliphatic rings. The Morgan fingerprint density at radius 2 is 2.00 bits per heavy atom. The Morgan fingerprint density at radius 3 is 2.61 bits per heavy atom. The van der Waals surface area contributed by atoms with Gasteiger partial charge in [0.1, 0.15) is 11.6 Å². The van der Waals surface area contributed by atoms with Crippen molar-refractivity contribution in [2.75, 3.05) is 26.8 Å². The molecule has 0 bridgehead atoms. The van der Waals surface area contributed by atoms with Gasteiger partial charge >= 0.3 is 0 Å². The van der Waals surface area contributed by atoms with Crippen LogP contribution in [0.1, 0.15) is 18.0 Å². The SMILES string of the molecule is COCCN1CCC(N)C1c1cc(F)cc(F)c1. The molecule has 2 rings (SSSR count). The van der Waals surface area contributed by atoms with Gasteiger partial charge in [0, 0.05) is 32.3 Å². The van der Waals surface area contributed by atoms with Crippen LogP contribution < -0.4 is 5.73 Å². The number of hydrogen-bond donors (Lipinski definition) is 1. The minimum absolute atomic E-state index is 0.0944. The summed E-state index contributed by atoms with van der Waals surface area (Å²) < 4.78 is 31.6. The summed E-state index contributed by atoms with van der Waals surface area (Å²) in [6.07, 6.45) is 0.826. The molecule has 3 nitrogen and oxygen atoms in total. The lowest BCUT2D eigenvalue weighted by Gasteiger charge is -2.26. The first kappa shape index (κ1) is 13.4. The third-order valence-corrected chi connectivity index (χ3v) is 3.36. The highest BCUT2D eigenvalue weighted by molar-refractivity contribution is 5.24. The Labute approximate surface area is 106 Å². The molecular formula is C13H18F2N2O. The third-order valence-electron chi connectivity index (χ3n) is 3.36. The van der Waals surface area contributed by atoms with Gasteiger partial charge in [0.25, 0.3) is 0 Å². The number of likely N-dealkylation sites (tertiary alicyclic amines) is 1. The van der Waals surface area contributed by atoms with Crippen molar-refractivity contribution < 1.29 is 13.5 Å². The van der Waals surface area contributed by atoms with E-state index in [9.17, 15) is 8.78 Å². The van der Waals surface area contributed by atoms with Crippen LogP contribution >= 0.6 is 0 Å². The van der Waals surface area contributed by atoms with Crippen LogP contribution in [0.15, 0.2) is 18.2 Å². The number of benzene rings is 1. The second-order valence-corrected chi connectivity index (χ2v) is 4.63. The van der Waals surface area contributed by atoms with Crippen molar-refractivity contribution in [3.05, 3.63) is 35.4 Å². The molecule has 1 aromatic carbocycles. The molecule has 0 aromatic heterocycles. The minimum atomic E-state index is -0.559. The lowest BCUT2D eigenvalue weighted by atomic mass is 10.0. The monoisotopic (exact) mass is 256 g/mol. The Hall–Kier alpha value is -1.04. The molecule has 2 atom stereocenters. The molecule has 0 spiro atoms. The highest BCUT2D eigenvalue weighted by Gasteiger charge is 2.33. The minimum Gasteiger partial charge on any atom is -0.383 e. The van der Waals surface area contributed by atoms with Gasteiger partial charge in [0.2, 0.25) is 0 Å². The van der Waals surface area contributed by atoms with Gasteiger partial charge in [-0.2, -0.15) is 0 Å². The average Bonchev–Trinajstić information content (AvgIpc) is 2.66. The number of rotatable bonds is 4. The van der Waals surface area contributed by atoms with Gasteiger partial charge in [-0.1, -0.05) is 0 Å². The maximum atomic E-state index is 13.3. The Kier molecular flexibility index (Phi) is 4.27. The zero-order valence-electron chi connectivity index (χ0n) is 10.4. The first-order chi connectivity index (χ1) is 8.61. The molecule has 0 saturated carbocycles. The molecule has 100 valence electrons. The standard InChI is InChI=1S/C13H18F2N2O/c1-18-5-4-17-3-2-12(16)13(17)9-6-10(14)8-11(15)7-9/h6-8,12-13H,2-5,16H2,1H3. The number of nitrogens with two attached hydrogens (primary N) is 1. The predicted octanol–water partition coefficient (Wildman–Crippen LogP) is 1.69. The molecule has 1 aliphatic heterocycles. The molecule has 18 heavy (non-hydrogen) atoms. The van der Waals surface area contributed by atoms with Gasteiger partial charge in [-0.25, -0.2) is 8.78 Å². The van der Waals surface area contributed by atoms with E-state index in [1.54, 1.807) is 7.11 Å². The lowest BCUT2D eigenvalue weighted by Crippen LogP contribution is -2.33. The molecule has 2 N–H and O–H groups in total. The first-order valence-corrected chi connectivity index (χ1v) is 6.06. The van der Waals surface area contributed by atoms with Crippen molar-refractivity contribution in [2.45, 2.75) is 18.5 Å². The topological polar surface area (TPSA) is 38.5 Å². The van der Waals surface area contributed by atoms with E-state index in [1.165, 1.54) is 12.1 Å². The quantitative estimate of drug-likeness (QED) is 0.891. The van der Waals surface area contributed by atoms with E-state index in [1.807, 2.05) is 0 Å². The van der Waals surface area contributed by atoms with E-state index in [0.717, 1.165) is 19.0 Å². The Morgan fingerprint density at radius 1 is 1.33 bits per heavy atom. The lowest BCUT2D eigenvalue weighted by molar-refractivity contribution is 0.139. The van der Waals surface area contributed by atoms with Crippen LogP contribution in [0.25, 0.3) is 0 Å². The fourth-order valence-corrected chi connectivity index (χ4v) is 2.55. The van der Waals surface area contributed by atoms with Crippen molar-refractivity contribution in [3.63, 3.8) is 0 Å². The molecule has 0 radical (unpaired) electrons. The first-order valence-electron chi connectivity index (χ1n) is 6.06. The molecule has 0 aliphatic carbocycles. The molecule has 1 saturated heterocycles. The summed E-state index contributed by atoms with van der Waals surface area (Å²) >= 11 is 0. The van der Waals surface area contributed by atoms with Gasteiger partial charge in [-0.15, -0.1) is 0 Å². The smallest absolute Gasteiger partial charge is 0.126 e. The second-order valence-electron chi connectivity index (χ2n) is 4.63. The van der Waals surface area contributed by atoms with Gasteiger partial charge in [0.05, 0.1) is 12.6 Å². The molecule has 2 unspecified atom stereocenters. The van der Waals surface area contributed by atoms with E-state index >= 15 is 0 Å². The van der Waals surface area contributed by atoms with Crippen molar-refractivity contribution >= 4 is 0 Å². The fourth-order valence-electron chi connectivity index (χ4n) is 2.55. The number of nitrogens with zero attached hydrogens (tertiary/aromatic N) is 1. The average molecular weight is 256 g/mol. The van der Waals surface area contributed by atoms with E-state index in [0.29, 0.717) is 18.7 Å². The normalized spacial score (nSPS) is 24.7. The van der Waals surface area contributed by atoms with Crippen molar-refractivity contribution in [2.24, 2.45) is 5.73 Å². The van der Waals surface area contributed by atoms with Crippen LogP contribution in [-0.2, 0) is 4.74 Å². The number of halogens is 2. The summed E-state index contributed by atoms with van der Waals surface area (Å²) in [6.45, 7) is 2.13. The van der Waals surface area contributed by atoms with E-state index in [4.69, 9.17) is 10.5 Å². The van der Waals surface area contributed by atoms with E-state index in [-0.39, 0.29) is 12.1 Å². The third kappa shape index (κ3) is 2.85. The summed E-state index contributed by atoms with van der Waals surface area (Å²) in [5.41, 5.74) is 6.65. The summed E-state index contributed by atoms with van der Waals surface area (Å²) in [6, 6.07) is 3.37.